The van der Waals surface area contributed by atoms with Crippen LogP contribution in [-0.2, 0) is 6.54 Å². The fourth-order valence-corrected chi connectivity index (χ4v) is 4.12. The second-order valence-electron chi connectivity index (χ2n) is 7.82. The Kier molecular flexibility index (Phi) is 8.62. The summed E-state index contributed by atoms with van der Waals surface area (Å²) in [6, 6.07) is 7.03. The lowest BCUT2D eigenvalue weighted by atomic mass is 10.00. The number of hydrogen-bond acceptors (Lipinski definition) is 2. The van der Waals surface area contributed by atoms with Crippen LogP contribution in [-0.4, -0.2) is 15.6 Å². The lowest BCUT2D eigenvalue weighted by Crippen LogP contribution is -2.13. The van der Waals surface area contributed by atoms with Gasteiger partial charge in [-0.3, -0.25) is 4.79 Å². The Bertz CT molecular complexity index is 777. The molecule has 28 heavy (non-hydrogen) atoms. The van der Waals surface area contributed by atoms with E-state index in [4.69, 9.17) is 5.73 Å². The lowest BCUT2D eigenvalue weighted by molar-refractivity contribution is 0.1000. The van der Waals surface area contributed by atoms with E-state index < -0.39 is 5.91 Å². The maximum absolute atomic E-state index is 12.1. The molecule has 0 unspecified atom stereocenters. The molecule has 2 aromatic rings. The van der Waals surface area contributed by atoms with Gasteiger partial charge in [-0.1, -0.05) is 70.4 Å². The number of amides is 1. The molecule has 0 radical (unpaired) electrons. The van der Waals surface area contributed by atoms with Gasteiger partial charge in [0.25, 0.3) is 5.91 Å². The summed E-state index contributed by atoms with van der Waals surface area (Å²) >= 11 is 0. The van der Waals surface area contributed by atoms with E-state index in [-0.39, 0.29) is 5.75 Å². The number of phenolic OH excluding ortho intramolecular Hbond substituents is 1. The van der Waals surface area contributed by atoms with Crippen molar-refractivity contribution in [3.63, 3.8) is 0 Å². The maximum atomic E-state index is 12.1. The number of hydrogen-bond donors (Lipinski definition) is 2. The van der Waals surface area contributed by atoms with Gasteiger partial charge in [0.2, 0.25) is 0 Å². The molecule has 0 saturated carbocycles. The fourth-order valence-electron chi connectivity index (χ4n) is 4.12. The third kappa shape index (κ3) is 5.63. The predicted octanol–water partition coefficient (Wildman–Crippen LogP) is 6.11. The van der Waals surface area contributed by atoms with Crippen molar-refractivity contribution < 1.29 is 9.90 Å². The summed E-state index contributed by atoms with van der Waals surface area (Å²) in [7, 11) is 0. The van der Waals surface area contributed by atoms with E-state index in [1.807, 2.05) is 19.9 Å². The number of aromatic nitrogens is 1. The zero-order valence-electron chi connectivity index (χ0n) is 17.8. The first-order chi connectivity index (χ1) is 13.5. The number of carbonyl (C=O) groups excluding carboxylic acids is 1. The molecule has 0 aliphatic heterocycles. The summed E-state index contributed by atoms with van der Waals surface area (Å²) in [6.45, 7) is 7.15. The molecule has 0 bridgehead atoms. The van der Waals surface area contributed by atoms with Crippen molar-refractivity contribution in [3.8, 4) is 16.9 Å². The minimum absolute atomic E-state index is 0.191. The maximum Gasteiger partial charge on any atom is 0.251 e. The zero-order chi connectivity index (χ0) is 20.5. The van der Waals surface area contributed by atoms with Gasteiger partial charge in [-0.2, -0.15) is 0 Å². The van der Waals surface area contributed by atoms with Crippen LogP contribution in [0.5, 0.6) is 5.75 Å². The lowest BCUT2D eigenvalue weighted by Gasteiger charge is -2.10. The molecule has 4 nitrogen and oxygen atoms in total. The van der Waals surface area contributed by atoms with Crippen molar-refractivity contribution in [2.45, 2.75) is 85.1 Å². The standard InChI is InChI=1S/C24H36N2O2/c1-4-5-6-7-8-9-10-11-12-16-26-18(2)22(23(19(26)3)24(25)28)20-14-13-15-21(27)17-20/h13-15,17,27H,4-12,16H2,1-3H3,(H2,25,28). The van der Waals surface area contributed by atoms with Crippen molar-refractivity contribution in [2.24, 2.45) is 5.73 Å². The molecule has 1 aromatic carbocycles. The van der Waals surface area contributed by atoms with Crippen LogP contribution in [0.1, 0.15) is 86.5 Å². The van der Waals surface area contributed by atoms with Gasteiger partial charge in [0.1, 0.15) is 5.75 Å². The van der Waals surface area contributed by atoms with Crippen LogP contribution in [0.25, 0.3) is 11.1 Å². The number of benzene rings is 1. The first-order valence-electron chi connectivity index (χ1n) is 10.8. The van der Waals surface area contributed by atoms with E-state index in [9.17, 15) is 9.90 Å². The predicted molar refractivity (Wildman–Crippen MR) is 117 cm³/mol. The highest BCUT2D eigenvalue weighted by molar-refractivity contribution is 6.02. The van der Waals surface area contributed by atoms with Crippen LogP contribution in [0, 0.1) is 13.8 Å². The summed E-state index contributed by atoms with van der Waals surface area (Å²) in [5, 5.41) is 9.84. The summed E-state index contributed by atoms with van der Waals surface area (Å²) in [5.74, 6) is -0.221. The molecule has 0 spiro atoms. The number of nitrogens with zero attached hydrogens (tertiary/aromatic N) is 1. The largest absolute Gasteiger partial charge is 0.508 e. The van der Waals surface area contributed by atoms with Crippen LogP contribution in [0.15, 0.2) is 24.3 Å². The number of unbranched alkanes of at least 4 members (excludes halogenated alkanes) is 8. The van der Waals surface area contributed by atoms with Crippen molar-refractivity contribution in [1.29, 1.82) is 0 Å². The van der Waals surface area contributed by atoms with E-state index in [0.29, 0.717) is 5.56 Å². The molecule has 1 amide bonds. The number of carbonyl (C=O) groups is 1. The van der Waals surface area contributed by atoms with Gasteiger partial charge in [0.05, 0.1) is 5.56 Å². The summed E-state index contributed by atoms with van der Waals surface area (Å²) in [5.41, 5.74) is 9.91. The molecular weight excluding hydrogens is 348 g/mol. The van der Waals surface area contributed by atoms with Crippen LogP contribution < -0.4 is 5.73 Å². The summed E-state index contributed by atoms with van der Waals surface area (Å²) < 4.78 is 2.21. The Morgan fingerprint density at radius 3 is 2.14 bits per heavy atom. The van der Waals surface area contributed by atoms with Gasteiger partial charge in [-0.25, -0.2) is 0 Å². The molecule has 3 N–H and O–H groups in total. The molecule has 0 atom stereocenters. The highest BCUT2D eigenvalue weighted by atomic mass is 16.3. The monoisotopic (exact) mass is 384 g/mol. The molecule has 0 saturated heterocycles. The van der Waals surface area contributed by atoms with Gasteiger partial charge in [-0.05, 0) is 38.0 Å². The summed E-state index contributed by atoms with van der Waals surface area (Å²) in [6.07, 6.45) is 11.6. The molecule has 1 aromatic heterocycles. The summed E-state index contributed by atoms with van der Waals surface area (Å²) in [4.78, 5) is 12.1. The van der Waals surface area contributed by atoms with E-state index in [0.717, 1.165) is 35.5 Å². The third-order valence-electron chi connectivity index (χ3n) is 5.65. The number of aromatic hydroxyl groups is 1. The fraction of sp³-hybridized carbons (Fsp3) is 0.542. The molecule has 154 valence electrons. The third-order valence-corrected chi connectivity index (χ3v) is 5.65. The first kappa shape index (κ1) is 22.1. The Hall–Kier alpha value is -2.23. The van der Waals surface area contributed by atoms with Crippen LogP contribution in [0.3, 0.4) is 0 Å². The van der Waals surface area contributed by atoms with Crippen molar-refractivity contribution >= 4 is 5.91 Å². The van der Waals surface area contributed by atoms with Crippen LogP contribution >= 0.6 is 0 Å². The number of rotatable bonds is 12. The second kappa shape index (κ2) is 10.9. The molecule has 1 heterocycles. The molecule has 0 aliphatic carbocycles. The Morgan fingerprint density at radius 1 is 0.964 bits per heavy atom. The minimum atomic E-state index is -0.412. The highest BCUT2D eigenvalue weighted by Crippen LogP contribution is 2.34. The van der Waals surface area contributed by atoms with Crippen LogP contribution in [0.2, 0.25) is 0 Å². The minimum Gasteiger partial charge on any atom is -0.508 e. The number of nitrogens with two attached hydrogens (primary N) is 1. The van der Waals surface area contributed by atoms with Crippen molar-refractivity contribution in [2.75, 3.05) is 0 Å². The van der Waals surface area contributed by atoms with Gasteiger partial charge in [0, 0.05) is 23.5 Å². The first-order valence-corrected chi connectivity index (χ1v) is 10.8. The van der Waals surface area contributed by atoms with Gasteiger partial charge < -0.3 is 15.4 Å². The molecule has 4 heteroatoms. The average Bonchev–Trinajstić information content (AvgIpc) is 2.91. The van der Waals surface area contributed by atoms with E-state index >= 15 is 0 Å². The van der Waals surface area contributed by atoms with Gasteiger partial charge in [-0.15, -0.1) is 0 Å². The average molecular weight is 385 g/mol. The van der Waals surface area contributed by atoms with Crippen LogP contribution in [0.4, 0.5) is 0 Å². The Morgan fingerprint density at radius 2 is 1.57 bits per heavy atom. The number of primary amides is 1. The smallest absolute Gasteiger partial charge is 0.251 e. The van der Waals surface area contributed by atoms with Gasteiger partial charge in [0.15, 0.2) is 0 Å². The SMILES string of the molecule is CCCCCCCCCCCn1c(C)c(C(N)=O)c(-c2cccc(O)c2)c1C. The van der Waals surface area contributed by atoms with E-state index in [1.54, 1.807) is 18.2 Å². The molecule has 0 aliphatic rings. The topological polar surface area (TPSA) is 68.2 Å². The van der Waals surface area contributed by atoms with Crippen molar-refractivity contribution in [1.82, 2.24) is 4.57 Å². The highest BCUT2D eigenvalue weighted by Gasteiger charge is 2.22. The number of phenols is 1. The molecule has 2 rings (SSSR count). The Labute approximate surface area is 169 Å². The molecular formula is C24H36N2O2. The van der Waals surface area contributed by atoms with Gasteiger partial charge >= 0.3 is 0 Å². The van der Waals surface area contributed by atoms with Crippen molar-refractivity contribution in [3.05, 3.63) is 41.2 Å². The normalized spacial score (nSPS) is 11.1. The quantitative estimate of drug-likeness (QED) is 0.434. The molecule has 0 fully saturated rings. The second-order valence-corrected chi connectivity index (χ2v) is 7.82. The van der Waals surface area contributed by atoms with E-state index in [2.05, 4.69) is 11.5 Å². The zero-order valence-corrected chi connectivity index (χ0v) is 17.8. The van der Waals surface area contributed by atoms with E-state index in [1.165, 1.54) is 51.4 Å². The Balaban J connectivity index is 2.02.